The highest BCUT2D eigenvalue weighted by molar-refractivity contribution is 7.80. The second-order valence-corrected chi connectivity index (χ2v) is 3.60. The van der Waals surface area contributed by atoms with Gasteiger partial charge in [0.2, 0.25) is 0 Å². The van der Waals surface area contributed by atoms with Crippen LogP contribution in [0.1, 0.15) is 13.3 Å². The Kier molecular flexibility index (Phi) is 2.84. The minimum atomic E-state index is 0.481. The van der Waals surface area contributed by atoms with Gasteiger partial charge in [0.1, 0.15) is 5.37 Å². The van der Waals surface area contributed by atoms with Crippen LogP contribution in [0, 0.1) is 0 Å². The third-order valence-corrected chi connectivity index (χ3v) is 2.32. The molecule has 1 unspecified atom stereocenters. The zero-order chi connectivity index (χ0) is 6.78. The molecule has 0 heterocycles. The van der Waals surface area contributed by atoms with Crippen LogP contribution in [-0.2, 0) is 0 Å². The van der Waals surface area contributed by atoms with E-state index in [4.69, 9.17) is 0 Å². The molecule has 0 aromatic rings. The van der Waals surface area contributed by atoms with Gasteiger partial charge in [0, 0.05) is 6.42 Å². The summed E-state index contributed by atoms with van der Waals surface area (Å²) in [5.74, 6) is 0. The summed E-state index contributed by atoms with van der Waals surface area (Å²) in [5.41, 5.74) is 0. The zero-order valence-electron chi connectivity index (χ0n) is 6.18. The second kappa shape index (κ2) is 2.74. The molecule has 0 aromatic heterocycles. The largest absolute Gasteiger partial charge is 0.320 e. The van der Waals surface area contributed by atoms with Gasteiger partial charge in [-0.05, 0) is 0 Å². The Labute approximate surface area is 57.7 Å². The minimum Gasteiger partial charge on any atom is -0.320 e. The van der Waals surface area contributed by atoms with Gasteiger partial charge in [-0.25, -0.2) is 0 Å². The van der Waals surface area contributed by atoms with E-state index in [1.165, 1.54) is 0 Å². The second-order valence-electron chi connectivity index (χ2n) is 3.01. The lowest BCUT2D eigenvalue weighted by atomic mass is 10.4. The van der Waals surface area contributed by atoms with Gasteiger partial charge in [0.05, 0.1) is 21.1 Å². The van der Waals surface area contributed by atoms with E-state index in [0.29, 0.717) is 5.37 Å². The van der Waals surface area contributed by atoms with Crippen molar-refractivity contribution in [1.29, 1.82) is 0 Å². The van der Waals surface area contributed by atoms with Crippen molar-refractivity contribution in [2.24, 2.45) is 0 Å². The van der Waals surface area contributed by atoms with Crippen molar-refractivity contribution in [3.63, 3.8) is 0 Å². The molecule has 0 radical (unpaired) electrons. The van der Waals surface area contributed by atoms with Gasteiger partial charge in [0.15, 0.2) is 0 Å². The average molecular weight is 134 g/mol. The monoisotopic (exact) mass is 134 g/mol. The number of quaternary nitrogens is 1. The van der Waals surface area contributed by atoms with Crippen LogP contribution in [0.4, 0.5) is 0 Å². The Morgan fingerprint density at radius 3 is 1.75 bits per heavy atom. The maximum Gasteiger partial charge on any atom is 0.132 e. The summed E-state index contributed by atoms with van der Waals surface area (Å²) in [6, 6.07) is 0. The quantitative estimate of drug-likeness (QED) is 0.329. The van der Waals surface area contributed by atoms with Crippen LogP contribution in [0.15, 0.2) is 0 Å². The summed E-state index contributed by atoms with van der Waals surface area (Å²) in [4.78, 5) is 0. The van der Waals surface area contributed by atoms with Crippen molar-refractivity contribution in [2.45, 2.75) is 18.7 Å². The van der Waals surface area contributed by atoms with E-state index >= 15 is 0 Å². The van der Waals surface area contributed by atoms with Gasteiger partial charge < -0.3 is 4.48 Å². The summed E-state index contributed by atoms with van der Waals surface area (Å²) < 4.78 is 0.944. The highest BCUT2D eigenvalue weighted by Crippen LogP contribution is 2.09. The van der Waals surface area contributed by atoms with E-state index in [9.17, 15) is 0 Å². The fourth-order valence-corrected chi connectivity index (χ4v) is 0.548. The molecule has 0 amide bonds. The molecule has 0 aliphatic rings. The first-order valence-electron chi connectivity index (χ1n) is 2.97. The highest BCUT2D eigenvalue weighted by atomic mass is 32.1. The van der Waals surface area contributed by atoms with Gasteiger partial charge in [-0.1, -0.05) is 6.92 Å². The lowest BCUT2D eigenvalue weighted by molar-refractivity contribution is -0.880. The molecule has 0 saturated heterocycles. The molecule has 0 aromatic carbocycles. The molecule has 0 fully saturated rings. The molecule has 50 valence electrons. The number of rotatable bonds is 2. The number of nitrogens with zero attached hydrogens (tertiary/aromatic N) is 1. The Hall–Kier alpha value is 0.310. The van der Waals surface area contributed by atoms with Gasteiger partial charge in [0.25, 0.3) is 0 Å². The van der Waals surface area contributed by atoms with Crippen molar-refractivity contribution in [2.75, 3.05) is 21.1 Å². The zero-order valence-corrected chi connectivity index (χ0v) is 7.07. The molecule has 0 spiro atoms. The average Bonchev–Trinajstić information content (AvgIpc) is 1.62. The van der Waals surface area contributed by atoms with E-state index in [2.05, 4.69) is 40.7 Å². The van der Waals surface area contributed by atoms with E-state index < -0.39 is 0 Å². The molecule has 2 heteroatoms. The van der Waals surface area contributed by atoms with Crippen LogP contribution in [0.3, 0.4) is 0 Å². The van der Waals surface area contributed by atoms with E-state index in [0.717, 1.165) is 10.9 Å². The van der Waals surface area contributed by atoms with Crippen molar-refractivity contribution in [3.8, 4) is 0 Å². The molecule has 0 rings (SSSR count). The van der Waals surface area contributed by atoms with Crippen LogP contribution in [0.2, 0.25) is 0 Å². The predicted octanol–water partition coefficient (Wildman–Crippen LogP) is 1.36. The summed E-state index contributed by atoms with van der Waals surface area (Å²) in [7, 11) is 6.46. The van der Waals surface area contributed by atoms with Crippen LogP contribution in [-0.4, -0.2) is 31.0 Å². The normalized spacial score (nSPS) is 16.1. The molecule has 1 nitrogen and oxygen atoms in total. The Morgan fingerprint density at radius 2 is 1.75 bits per heavy atom. The SMILES string of the molecule is CCC(S)[N+](C)(C)C. The molecule has 8 heavy (non-hydrogen) atoms. The summed E-state index contributed by atoms with van der Waals surface area (Å²) in [5, 5.41) is 0.481. The van der Waals surface area contributed by atoms with Crippen molar-refractivity contribution in [1.82, 2.24) is 0 Å². The molecule has 0 aliphatic carbocycles. The maximum absolute atomic E-state index is 4.38. The first kappa shape index (κ1) is 8.31. The number of thiol groups is 1. The van der Waals surface area contributed by atoms with Crippen molar-refractivity contribution in [3.05, 3.63) is 0 Å². The number of hydrogen-bond donors (Lipinski definition) is 1. The van der Waals surface area contributed by atoms with Crippen LogP contribution in [0.25, 0.3) is 0 Å². The van der Waals surface area contributed by atoms with Gasteiger partial charge >= 0.3 is 0 Å². The Morgan fingerprint density at radius 1 is 1.38 bits per heavy atom. The molecule has 0 saturated carbocycles. The molecule has 0 N–H and O–H groups in total. The molecule has 1 atom stereocenters. The first-order valence-corrected chi connectivity index (χ1v) is 3.49. The van der Waals surface area contributed by atoms with Crippen molar-refractivity contribution >= 4 is 12.6 Å². The van der Waals surface area contributed by atoms with E-state index in [1.54, 1.807) is 0 Å². The smallest absolute Gasteiger partial charge is 0.132 e. The third-order valence-electron chi connectivity index (χ3n) is 1.26. The van der Waals surface area contributed by atoms with E-state index in [1.807, 2.05) is 0 Å². The Bertz CT molecular complexity index is 65.4. The Balaban J connectivity index is 3.62. The number of hydrogen-bond acceptors (Lipinski definition) is 1. The topological polar surface area (TPSA) is 0 Å². The maximum atomic E-state index is 4.38. The van der Waals surface area contributed by atoms with Crippen LogP contribution in [0.5, 0.6) is 0 Å². The molecular weight excluding hydrogens is 118 g/mol. The van der Waals surface area contributed by atoms with Gasteiger partial charge in [-0.3, -0.25) is 0 Å². The van der Waals surface area contributed by atoms with Crippen LogP contribution < -0.4 is 0 Å². The summed E-state index contributed by atoms with van der Waals surface area (Å²) >= 11 is 4.38. The predicted molar refractivity (Wildman–Crippen MR) is 41.1 cm³/mol. The fourth-order valence-electron chi connectivity index (χ4n) is 0.548. The molecule has 0 bridgehead atoms. The lowest BCUT2D eigenvalue weighted by Crippen LogP contribution is -2.41. The molecule has 0 aliphatic heterocycles. The standard InChI is InChI=1S/C6H15NS/c1-5-6(8)7(2,3)4/h6H,5H2,1-4H3/p+1. The lowest BCUT2D eigenvalue weighted by Gasteiger charge is -2.29. The fraction of sp³-hybridized carbons (Fsp3) is 1.00. The van der Waals surface area contributed by atoms with E-state index in [-0.39, 0.29) is 0 Å². The third kappa shape index (κ3) is 2.58. The van der Waals surface area contributed by atoms with Gasteiger partial charge in [-0.15, -0.1) is 12.6 Å². The molecular formula is C6H16NS+. The summed E-state index contributed by atoms with van der Waals surface area (Å²) in [6.07, 6.45) is 1.13. The minimum absolute atomic E-state index is 0.481. The van der Waals surface area contributed by atoms with Crippen molar-refractivity contribution < 1.29 is 4.48 Å². The van der Waals surface area contributed by atoms with Gasteiger partial charge in [-0.2, -0.15) is 0 Å². The van der Waals surface area contributed by atoms with Crippen LogP contribution >= 0.6 is 12.6 Å². The summed E-state index contributed by atoms with van der Waals surface area (Å²) in [6.45, 7) is 2.15. The first-order chi connectivity index (χ1) is 3.48. The highest BCUT2D eigenvalue weighted by Gasteiger charge is 2.15.